The summed E-state index contributed by atoms with van der Waals surface area (Å²) in [5.74, 6) is 2.06. The molecule has 0 radical (unpaired) electrons. The minimum atomic E-state index is -0.0636. The Balaban J connectivity index is 1.62. The van der Waals surface area contributed by atoms with Crippen molar-refractivity contribution >= 4 is 39.1 Å². The summed E-state index contributed by atoms with van der Waals surface area (Å²) >= 11 is 3.07. The first-order valence-electron chi connectivity index (χ1n) is 9.81. The van der Waals surface area contributed by atoms with Crippen molar-refractivity contribution in [1.82, 2.24) is 19.2 Å². The SMILES string of the molecule is COc1ccccc1Cn1c(=O)c2sccc2n2c(SCc3ccccc3C)nnc12. The predicted molar refractivity (Wildman–Crippen MR) is 125 cm³/mol. The summed E-state index contributed by atoms with van der Waals surface area (Å²) in [6.45, 7) is 2.47. The number of thioether (sulfide) groups is 1. The number of aryl methyl sites for hydroxylation is 1. The molecule has 0 saturated carbocycles. The van der Waals surface area contributed by atoms with Crippen LogP contribution in [0.3, 0.4) is 0 Å². The van der Waals surface area contributed by atoms with E-state index in [9.17, 15) is 4.79 Å². The lowest BCUT2D eigenvalue weighted by Crippen LogP contribution is -2.23. The number of methoxy groups -OCH3 is 1. The molecule has 6 nitrogen and oxygen atoms in total. The van der Waals surface area contributed by atoms with Gasteiger partial charge in [0, 0.05) is 11.3 Å². The third kappa shape index (κ3) is 3.51. The number of rotatable bonds is 6. The summed E-state index contributed by atoms with van der Waals surface area (Å²) in [4.78, 5) is 13.3. The molecule has 156 valence electrons. The minimum absolute atomic E-state index is 0.0636. The second-order valence-electron chi connectivity index (χ2n) is 7.17. The Labute approximate surface area is 187 Å². The molecule has 2 aromatic carbocycles. The highest BCUT2D eigenvalue weighted by Gasteiger charge is 2.19. The summed E-state index contributed by atoms with van der Waals surface area (Å²) in [7, 11) is 1.64. The molecule has 0 bridgehead atoms. The van der Waals surface area contributed by atoms with Crippen molar-refractivity contribution in [1.29, 1.82) is 0 Å². The van der Waals surface area contributed by atoms with E-state index >= 15 is 0 Å². The van der Waals surface area contributed by atoms with Gasteiger partial charge in [0.15, 0.2) is 5.16 Å². The van der Waals surface area contributed by atoms with Crippen LogP contribution in [-0.2, 0) is 12.3 Å². The molecule has 5 rings (SSSR count). The van der Waals surface area contributed by atoms with E-state index in [1.165, 1.54) is 22.5 Å². The smallest absolute Gasteiger partial charge is 0.273 e. The fourth-order valence-electron chi connectivity index (χ4n) is 3.65. The van der Waals surface area contributed by atoms with Crippen molar-refractivity contribution in [3.05, 3.63) is 87.0 Å². The van der Waals surface area contributed by atoms with Crippen LogP contribution in [0, 0.1) is 6.92 Å². The second kappa shape index (κ2) is 8.20. The van der Waals surface area contributed by atoms with Crippen LogP contribution < -0.4 is 10.3 Å². The molecule has 3 heterocycles. The van der Waals surface area contributed by atoms with Gasteiger partial charge in [-0.15, -0.1) is 21.5 Å². The molecule has 5 aromatic rings. The predicted octanol–water partition coefficient (Wildman–Crippen LogP) is 4.76. The molecule has 0 N–H and O–H groups in total. The molecular weight excluding hydrogens is 428 g/mol. The third-order valence-corrected chi connectivity index (χ3v) is 7.19. The molecule has 0 aliphatic rings. The summed E-state index contributed by atoms with van der Waals surface area (Å²) in [6, 6.07) is 18.0. The molecule has 0 amide bonds. The maximum atomic E-state index is 13.3. The van der Waals surface area contributed by atoms with Gasteiger partial charge in [-0.2, -0.15) is 0 Å². The summed E-state index contributed by atoms with van der Waals surface area (Å²) in [5, 5.41) is 11.6. The van der Waals surface area contributed by atoms with Gasteiger partial charge in [0.2, 0.25) is 5.78 Å². The lowest BCUT2D eigenvalue weighted by atomic mass is 10.1. The van der Waals surface area contributed by atoms with Crippen LogP contribution in [0.4, 0.5) is 0 Å². The number of fused-ring (bicyclic) bond motifs is 3. The van der Waals surface area contributed by atoms with Crippen molar-refractivity contribution in [2.45, 2.75) is 24.4 Å². The lowest BCUT2D eigenvalue weighted by Gasteiger charge is -2.12. The largest absolute Gasteiger partial charge is 0.496 e. The van der Waals surface area contributed by atoms with Gasteiger partial charge in [0.05, 0.1) is 19.2 Å². The zero-order valence-electron chi connectivity index (χ0n) is 17.1. The van der Waals surface area contributed by atoms with Crippen molar-refractivity contribution in [2.24, 2.45) is 0 Å². The quantitative estimate of drug-likeness (QED) is 0.351. The van der Waals surface area contributed by atoms with E-state index in [1.54, 1.807) is 23.4 Å². The molecule has 0 unspecified atom stereocenters. The summed E-state index contributed by atoms with van der Waals surface area (Å²) in [6.07, 6.45) is 0. The Hall–Kier alpha value is -3.10. The topological polar surface area (TPSA) is 61.4 Å². The molecule has 8 heteroatoms. The Bertz CT molecular complexity index is 1450. The summed E-state index contributed by atoms with van der Waals surface area (Å²) < 4.78 is 9.85. The summed E-state index contributed by atoms with van der Waals surface area (Å²) in [5.41, 5.74) is 4.21. The number of benzene rings is 2. The number of thiophene rings is 1. The second-order valence-corrected chi connectivity index (χ2v) is 9.03. The normalized spacial score (nSPS) is 11.4. The number of aromatic nitrogens is 4. The van der Waals surface area contributed by atoms with Crippen molar-refractivity contribution in [3.63, 3.8) is 0 Å². The van der Waals surface area contributed by atoms with Gasteiger partial charge >= 0.3 is 0 Å². The molecule has 0 aliphatic carbocycles. The van der Waals surface area contributed by atoms with Gasteiger partial charge in [-0.1, -0.05) is 54.2 Å². The third-order valence-electron chi connectivity index (χ3n) is 5.32. The monoisotopic (exact) mass is 448 g/mol. The van der Waals surface area contributed by atoms with E-state index < -0.39 is 0 Å². The fraction of sp³-hybridized carbons (Fsp3) is 0.174. The zero-order chi connectivity index (χ0) is 21.4. The standard InChI is InChI=1S/C23H20N4O2S2/c1-15-7-3-4-9-17(15)14-31-23-25-24-22-26(13-16-8-5-6-10-19(16)29-2)21(28)20-18(27(22)23)11-12-30-20/h3-12H,13-14H2,1-2H3. The van der Waals surface area contributed by atoms with Crippen LogP contribution in [0.15, 0.2) is 69.9 Å². The highest BCUT2D eigenvalue weighted by Crippen LogP contribution is 2.28. The van der Waals surface area contributed by atoms with E-state index in [4.69, 9.17) is 4.74 Å². The average Bonchev–Trinajstić information content (AvgIpc) is 3.43. The Morgan fingerprint density at radius 1 is 1.03 bits per heavy atom. The Kier molecular flexibility index (Phi) is 5.25. The number of nitrogens with zero attached hydrogens (tertiary/aromatic N) is 4. The van der Waals surface area contributed by atoms with Crippen LogP contribution in [0.1, 0.15) is 16.7 Å². The highest BCUT2D eigenvalue weighted by molar-refractivity contribution is 7.98. The van der Waals surface area contributed by atoms with Crippen LogP contribution >= 0.6 is 23.1 Å². The molecule has 31 heavy (non-hydrogen) atoms. The molecule has 0 aliphatic heterocycles. The number of ether oxygens (including phenoxy) is 1. The first-order valence-corrected chi connectivity index (χ1v) is 11.7. The van der Waals surface area contributed by atoms with E-state index in [-0.39, 0.29) is 5.56 Å². The van der Waals surface area contributed by atoms with Gasteiger partial charge in [-0.25, -0.2) is 0 Å². The molecule has 0 fully saturated rings. The fourth-order valence-corrected chi connectivity index (χ4v) is 5.49. The van der Waals surface area contributed by atoms with E-state index in [2.05, 4.69) is 29.3 Å². The van der Waals surface area contributed by atoms with Crippen molar-refractivity contribution in [3.8, 4) is 5.75 Å². The van der Waals surface area contributed by atoms with E-state index in [1.807, 2.05) is 52.2 Å². The average molecular weight is 449 g/mol. The van der Waals surface area contributed by atoms with Gasteiger partial charge in [-0.05, 0) is 35.6 Å². The van der Waals surface area contributed by atoms with E-state index in [0.717, 1.165) is 27.7 Å². The van der Waals surface area contributed by atoms with Crippen LogP contribution in [0.2, 0.25) is 0 Å². The minimum Gasteiger partial charge on any atom is -0.496 e. The highest BCUT2D eigenvalue weighted by atomic mass is 32.2. The number of hydrogen-bond donors (Lipinski definition) is 0. The number of hydrogen-bond acceptors (Lipinski definition) is 6. The molecule has 0 atom stereocenters. The molecule has 0 spiro atoms. The van der Waals surface area contributed by atoms with Crippen LogP contribution in [-0.4, -0.2) is 26.3 Å². The van der Waals surface area contributed by atoms with Gasteiger partial charge in [0.25, 0.3) is 5.56 Å². The number of para-hydroxylation sites is 1. The maximum Gasteiger partial charge on any atom is 0.273 e. The molecule has 0 saturated heterocycles. The van der Waals surface area contributed by atoms with Gasteiger partial charge < -0.3 is 4.74 Å². The van der Waals surface area contributed by atoms with E-state index in [0.29, 0.717) is 17.0 Å². The van der Waals surface area contributed by atoms with Crippen molar-refractivity contribution < 1.29 is 4.74 Å². The van der Waals surface area contributed by atoms with Gasteiger partial charge in [-0.3, -0.25) is 13.8 Å². The molecule has 3 aromatic heterocycles. The lowest BCUT2D eigenvalue weighted by molar-refractivity contribution is 0.408. The first kappa shape index (κ1) is 19.8. The first-order chi connectivity index (χ1) is 15.2. The van der Waals surface area contributed by atoms with Crippen LogP contribution in [0.5, 0.6) is 5.75 Å². The Morgan fingerprint density at radius 2 is 1.81 bits per heavy atom. The van der Waals surface area contributed by atoms with Crippen LogP contribution in [0.25, 0.3) is 16.0 Å². The zero-order valence-corrected chi connectivity index (χ0v) is 18.7. The molecular formula is C23H20N4O2S2. The van der Waals surface area contributed by atoms with Crippen molar-refractivity contribution in [2.75, 3.05) is 7.11 Å². The Morgan fingerprint density at radius 3 is 2.61 bits per heavy atom. The van der Waals surface area contributed by atoms with Gasteiger partial charge in [0.1, 0.15) is 10.4 Å². The maximum absolute atomic E-state index is 13.3.